The highest BCUT2D eigenvalue weighted by Crippen LogP contribution is 2.26. The molecule has 7 heteroatoms. The molecule has 2 atom stereocenters. The van der Waals surface area contributed by atoms with Crippen molar-refractivity contribution < 1.29 is 18.9 Å². The van der Waals surface area contributed by atoms with Crippen molar-refractivity contribution in [1.82, 2.24) is 10.6 Å². The van der Waals surface area contributed by atoms with Gasteiger partial charge < -0.3 is 15.7 Å². The van der Waals surface area contributed by atoms with Crippen LogP contribution in [0, 0.1) is 5.92 Å². The third kappa shape index (κ3) is 6.36. The summed E-state index contributed by atoms with van der Waals surface area (Å²) in [7, 11) is -0.868. The minimum absolute atomic E-state index is 0.0233. The van der Waals surface area contributed by atoms with Crippen LogP contribution in [0.5, 0.6) is 0 Å². The molecular formula is C13H24N2O4S. The first-order valence-electron chi connectivity index (χ1n) is 7.08. The highest BCUT2D eigenvalue weighted by atomic mass is 32.2. The second kappa shape index (κ2) is 8.94. The molecular weight excluding hydrogens is 280 g/mol. The summed E-state index contributed by atoms with van der Waals surface area (Å²) in [5.41, 5.74) is 0. The Labute approximate surface area is 122 Å². The molecule has 1 aliphatic rings. The summed E-state index contributed by atoms with van der Waals surface area (Å²) < 4.78 is 10.9. The number of urea groups is 1. The normalized spacial score (nSPS) is 19.1. The topological polar surface area (TPSA) is 95.5 Å². The number of hydrogen-bond acceptors (Lipinski definition) is 3. The van der Waals surface area contributed by atoms with E-state index in [1.807, 2.05) is 0 Å². The van der Waals surface area contributed by atoms with Gasteiger partial charge in [0.15, 0.2) is 0 Å². The molecule has 0 bridgehead atoms. The molecule has 2 unspecified atom stereocenters. The van der Waals surface area contributed by atoms with Crippen molar-refractivity contribution in [3.05, 3.63) is 0 Å². The summed E-state index contributed by atoms with van der Waals surface area (Å²) in [6.07, 6.45) is 7.14. The zero-order chi connectivity index (χ0) is 15.0. The molecule has 116 valence electrons. The molecule has 0 heterocycles. The maximum atomic E-state index is 11.7. The zero-order valence-electron chi connectivity index (χ0n) is 11.9. The lowest BCUT2D eigenvalue weighted by Gasteiger charge is -2.28. The Morgan fingerprint density at radius 1 is 1.30 bits per heavy atom. The largest absolute Gasteiger partial charge is 0.480 e. The SMILES string of the molecule is CS(=O)CCCNC(=O)NC(C(=O)O)C1CCCCC1. The van der Waals surface area contributed by atoms with Crippen LogP contribution in [-0.2, 0) is 15.6 Å². The van der Waals surface area contributed by atoms with E-state index in [1.165, 1.54) is 0 Å². The van der Waals surface area contributed by atoms with Crippen LogP contribution in [0.4, 0.5) is 4.79 Å². The molecule has 3 N–H and O–H groups in total. The average molecular weight is 304 g/mol. The average Bonchev–Trinajstić information content (AvgIpc) is 2.41. The van der Waals surface area contributed by atoms with Gasteiger partial charge in [-0.05, 0) is 25.2 Å². The maximum Gasteiger partial charge on any atom is 0.326 e. The first-order chi connectivity index (χ1) is 9.50. The van der Waals surface area contributed by atoms with E-state index in [4.69, 9.17) is 0 Å². The van der Waals surface area contributed by atoms with E-state index >= 15 is 0 Å². The summed E-state index contributed by atoms with van der Waals surface area (Å²) in [5, 5.41) is 14.4. The molecule has 0 aromatic heterocycles. The predicted molar refractivity (Wildman–Crippen MR) is 78.1 cm³/mol. The van der Waals surface area contributed by atoms with Crippen molar-refractivity contribution in [2.45, 2.75) is 44.6 Å². The number of aliphatic carboxylic acids is 1. The van der Waals surface area contributed by atoms with Gasteiger partial charge in [0.1, 0.15) is 6.04 Å². The van der Waals surface area contributed by atoms with Crippen molar-refractivity contribution in [3.8, 4) is 0 Å². The van der Waals surface area contributed by atoms with E-state index in [2.05, 4.69) is 10.6 Å². The lowest BCUT2D eigenvalue weighted by Crippen LogP contribution is -2.50. The van der Waals surface area contributed by atoms with Gasteiger partial charge in [0, 0.05) is 29.4 Å². The Bertz CT molecular complexity index is 356. The van der Waals surface area contributed by atoms with Gasteiger partial charge in [-0.2, -0.15) is 0 Å². The second-order valence-electron chi connectivity index (χ2n) is 5.25. The number of carbonyl (C=O) groups is 2. The summed E-state index contributed by atoms with van der Waals surface area (Å²) in [6.45, 7) is 0.405. The van der Waals surface area contributed by atoms with Crippen molar-refractivity contribution in [1.29, 1.82) is 0 Å². The zero-order valence-corrected chi connectivity index (χ0v) is 12.7. The second-order valence-corrected chi connectivity index (χ2v) is 6.80. The Kier molecular flexibility index (Phi) is 7.58. The first-order valence-corrected chi connectivity index (χ1v) is 8.80. The van der Waals surface area contributed by atoms with Gasteiger partial charge in [0.2, 0.25) is 0 Å². The van der Waals surface area contributed by atoms with Gasteiger partial charge in [0.25, 0.3) is 0 Å². The molecule has 2 amide bonds. The van der Waals surface area contributed by atoms with Crippen LogP contribution in [0.15, 0.2) is 0 Å². The Morgan fingerprint density at radius 2 is 1.95 bits per heavy atom. The summed E-state index contributed by atoms with van der Waals surface area (Å²) >= 11 is 0. The molecule has 0 radical (unpaired) electrons. The number of amides is 2. The standard InChI is InChI=1S/C13H24N2O4S/c1-20(19)9-5-8-14-13(18)15-11(12(16)17)10-6-3-2-4-7-10/h10-11H,2-9H2,1H3,(H,16,17)(H2,14,15,18). The minimum atomic E-state index is -0.971. The molecule has 0 aromatic rings. The van der Waals surface area contributed by atoms with Crippen LogP contribution < -0.4 is 10.6 Å². The third-order valence-electron chi connectivity index (χ3n) is 3.57. The van der Waals surface area contributed by atoms with Crippen LogP contribution in [0.3, 0.4) is 0 Å². The van der Waals surface area contributed by atoms with E-state index in [1.54, 1.807) is 6.26 Å². The molecule has 20 heavy (non-hydrogen) atoms. The molecule has 1 fully saturated rings. The van der Waals surface area contributed by atoms with Crippen LogP contribution in [0.25, 0.3) is 0 Å². The highest BCUT2D eigenvalue weighted by molar-refractivity contribution is 7.84. The first kappa shape index (κ1) is 16.9. The van der Waals surface area contributed by atoms with Crippen molar-refractivity contribution in [3.63, 3.8) is 0 Å². The highest BCUT2D eigenvalue weighted by Gasteiger charge is 2.30. The van der Waals surface area contributed by atoms with Gasteiger partial charge in [-0.1, -0.05) is 19.3 Å². The van der Waals surface area contributed by atoms with Crippen molar-refractivity contribution >= 4 is 22.8 Å². The fourth-order valence-corrected chi connectivity index (χ4v) is 3.07. The predicted octanol–water partition coefficient (Wildman–Crippen LogP) is 1.09. The third-order valence-corrected chi connectivity index (χ3v) is 4.43. The number of nitrogens with one attached hydrogen (secondary N) is 2. The molecule has 6 nitrogen and oxygen atoms in total. The fraction of sp³-hybridized carbons (Fsp3) is 0.846. The fourth-order valence-electron chi connectivity index (χ4n) is 2.52. The molecule has 0 saturated heterocycles. The van der Waals surface area contributed by atoms with E-state index in [-0.39, 0.29) is 5.92 Å². The van der Waals surface area contributed by atoms with Gasteiger partial charge in [-0.15, -0.1) is 0 Å². The maximum absolute atomic E-state index is 11.7. The summed E-state index contributed by atoms with van der Waals surface area (Å²) in [6, 6.07) is -1.26. The van der Waals surface area contributed by atoms with E-state index < -0.39 is 28.8 Å². The molecule has 0 aromatic carbocycles. The molecule has 1 rings (SSSR count). The van der Waals surface area contributed by atoms with Gasteiger partial charge in [0.05, 0.1) is 0 Å². The Hall–Kier alpha value is -1.11. The molecule has 0 spiro atoms. The van der Waals surface area contributed by atoms with Crippen molar-refractivity contribution in [2.24, 2.45) is 5.92 Å². The van der Waals surface area contributed by atoms with Gasteiger partial charge in [-0.3, -0.25) is 4.21 Å². The molecule has 1 saturated carbocycles. The van der Waals surface area contributed by atoms with Crippen molar-refractivity contribution in [2.75, 3.05) is 18.6 Å². The van der Waals surface area contributed by atoms with E-state index in [9.17, 15) is 18.9 Å². The lowest BCUT2D eigenvalue weighted by atomic mass is 9.84. The van der Waals surface area contributed by atoms with Crippen LogP contribution in [0.2, 0.25) is 0 Å². The quantitative estimate of drug-likeness (QED) is 0.613. The van der Waals surface area contributed by atoms with E-state index in [0.29, 0.717) is 18.7 Å². The number of carboxylic acids is 1. The smallest absolute Gasteiger partial charge is 0.326 e. The number of carboxylic acid groups (broad SMARTS) is 1. The molecule has 0 aliphatic heterocycles. The van der Waals surface area contributed by atoms with Gasteiger partial charge >= 0.3 is 12.0 Å². The van der Waals surface area contributed by atoms with Crippen LogP contribution in [-0.4, -0.2) is 45.9 Å². The molecule has 1 aliphatic carbocycles. The number of carbonyl (C=O) groups excluding carboxylic acids is 1. The minimum Gasteiger partial charge on any atom is -0.480 e. The van der Waals surface area contributed by atoms with Crippen LogP contribution in [0.1, 0.15) is 38.5 Å². The Morgan fingerprint density at radius 3 is 2.50 bits per heavy atom. The van der Waals surface area contributed by atoms with E-state index in [0.717, 1.165) is 32.1 Å². The van der Waals surface area contributed by atoms with Crippen LogP contribution >= 0.6 is 0 Å². The Balaban J connectivity index is 2.35. The number of rotatable bonds is 7. The summed E-state index contributed by atoms with van der Waals surface area (Å²) in [5.74, 6) is -0.414. The number of hydrogen-bond donors (Lipinski definition) is 3. The lowest BCUT2D eigenvalue weighted by molar-refractivity contribution is -0.141. The van der Waals surface area contributed by atoms with Gasteiger partial charge in [-0.25, -0.2) is 9.59 Å². The monoisotopic (exact) mass is 304 g/mol. The summed E-state index contributed by atoms with van der Waals surface area (Å²) in [4.78, 5) is 23.0.